The summed E-state index contributed by atoms with van der Waals surface area (Å²) in [7, 11) is 1.72. The molecule has 0 spiro atoms. The van der Waals surface area contributed by atoms with Gasteiger partial charge < -0.3 is 4.74 Å². The number of hydrogen-bond acceptors (Lipinski definition) is 1. The SMILES string of the molecule is COc1ccc(C[C+](C)C)c2ccccc12. The van der Waals surface area contributed by atoms with Gasteiger partial charge in [-0.05, 0) is 11.5 Å². The van der Waals surface area contributed by atoms with Gasteiger partial charge in [-0.3, -0.25) is 0 Å². The third-order valence-electron chi connectivity index (χ3n) is 2.74. The predicted octanol–water partition coefficient (Wildman–Crippen LogP) is 4.01. The summed E-state index contributed by atoms with van der Waals surface area (Å²) >= 11 is 0. The van der Waals surface area contributed by atoms with E-state index in [1.165, 1.54) is 22.3 Å². The van der Waals surface area contributed by atoms with Crippen LogP contribution in [0.5, 0.6) is 5.75 Å². The van der Waals surface area contributed by atoms with E-state index in [-0.39, 0.29) is 0 Å². The molecule has 0 heterocycles. The molecule has 2 rings (SSSR count). The van der Waals surface area contributed by atoms with Crippen LogP contribution in [0, 0.1) is 5.92 Å². The lowest BCUT2D eigenvalue weighted by Crippen LogP contribution is -1.94. The summed E-state index contributed by atoms with van der Waals surface area (Å²) in [6, 6.07) is 12.6. The van der Waals surface area contributed by atoms with Gasteiger partial charge in [0, 0.05) is 10.9 Å². The van der Waals surface area contributed by atoms with Crippen LogP contribution in [0.25, 0.3) is 10.8 Å². The smallest absolute Gasteiger partial charge is 0.126 e. The van der Waals surface area contributed by atoms with Gasteiger partial charge in [0.05, 0.1) is 26.9 Å². The first-order valence-electron chi connectivity index (χ1n) is 5.56. The summed E-state index contributed by atoms with van der Waals surface area (Å²) in [6.07, 6.45) is 1.03. The Balaban J connectivity index is 2.60. The lowest BCUT2D eigenvalue weighted by molar-refractivity contribution is 0.419. The zero-order valence-corrected chi connectivity index (χ0v) is 10.1. The van der Waals surface area contributed by atoms with E-state index < -0.39 is 0 Å². The van der Waals surface area contributed by atoms with Crippen molar-refractivity contribution in [1.82, 2.24) is 0 Å². The zero-order valence-electron chi connectivity index (χ0n) is 10.1. The molecule has 2 aromatic rings. The van der Waals surface area contributed by atoms with Crippen molar-refractivity contribution in [1.29, 1.82) is 0 Å². The number of hydrogen-bond donors (Lipinski definition) is 0. The van der Waals surface area contributed by atoms with Crippen LogP contribution in [0.1, 0.15) is 19.4 Å². The minimum absolute atomic E-state index is 0.952. The molecule has 16 heavy (non-hydrogen) atoms. The Morgan fingerprint density at radius 2 is 1.69 bits per heavy atom. The van der Waals surface area contributed by atoms with Crippen molar-refractivity contribution in [2.75, 3.05) is 7.11 Å². The van der Waals surface area contributed by atoms with Crippen LogP contribution in [0.3, 0.4) is 0 Å². The third-order valence-corrected chi connectivity index (χ3v) is 2.74. The second-order valence-electron chi connectivity index (χ2n) is 4.36. The molecular weight excluding hydrogens is 196 g/mol. The molecule has 1 heteroatoms. The largest absolute Gasteiger partial charge is 0.496 e. The van der Waals surface area contributed by atoms with Crippen LogP contribution in [0.4, 0.5) is 0 Å². The maximum Gasteiger partial charge on any atom is 0.126 e. The summed E-state index contributed by atoms with van der Waals surface area (Å²) in [5.74, 6) is 2.38. The average molecular weight is 213 g/mol. The van der Waals surface area contributed by atoms with Gasteiger partial charge in [0.2, 0.25) is 0 Å². The van der Waals surface area contributed by atoms with E-state index in [0.717, 1.165) is 12.2 Å². The van der Waals surface area contributed by atoms with Gasteiger partial charge >= 0.3 is 0 Å². The Bertz CT molecular complexity index is 486. The topological polar surface area (TPSA) is 9.23 Å². The van der Waals surface area contributed by atoms with E-state index in [0.29, 0.717) is 0 Å². The molecule has 1 nitrogen and oxygen atoms in total. The molecule has 0 unspecified atom stereocenters. The van der Waals surface area contributed by atoms with Crippen molar-refractivity contribution in [3.63, 3.8) is 0 Å². The van der Waals surface area contributed by atoms with E-state index in [4.69, 9.17) is 4.74 Å². The Morgan fingerprint density at radius 3 is 2.31 bits per heavy atom. The molecule has 0 saturated heterocycles. The number of ether oxygens (including phenoxy) is 1. The summed E-state index contributed by atoms with van der Waals surface area (Å²) in [5, 5.41) is 2.49. The highest BCUT2D eigenvalue weighted by atomic mass is 16.5. The summed E-state index contributed by atoms with van der Waals surface area (Å²) in [5.41, 5.74) is 1.37. The molecule has 0 aliphatic carbocycles. The minimum atomic E-state index is 0.952. The van der Waals surface area contributed by atoms with E-state index in [1.807, 2.05) is 0 Å². The molecule has 0 fully saturated rings. The van der Waals surface area contributed by atoms with Crippen LogP contribution in [0.2, 0.25) is 0 Å². The monoisotopic (exact) mass is 213 g/mol. The fourth-order valence-electron chi connectivity index (χ4n) is 2.05. The maximum atomic E-state index is 5.38. The van der Waals surface area contributed by atoms with Gasteiger partial charge in [0.15, 0.2) is 0 Å². The van der Waals surface area contributed by atoms with E-state index in [2.05, 4.69) is 50.2 Å². The fraction of sp³-hybridized carbons (Fsp3) is 0.267. The summed E-state index contributed by atoms with van der Waals surface area (Å²) in [4.78, 5) is 0. The Labute approximate surface area is 97.1 Å². The Morgan fingerprint density at radius 1 is 1.00 bits per heavy atom. The zero-order chi connectivity index (χ0) is 11.5. The molecular formula is C15H17O+. The van der Waals surface area contributed by atoms with E-state index in [9.17, 15) is 0 Å². The minimum Gasteiger partial charge on any atom is -0.496 e. The highest BCUT2D eigenvalue weighted by molar-refractivity contribution is 5.91. The number of fused-ring (bicyclic) bond motifs is 1. The first-order chi connectivity index (χ1) is 7.72. The normalized spacial score (nSPS) is 10.4. The van der Waals surface area contributed by atoms with Gasteiger partial charge in [-0.2, -0.15) is 0 Å². The Kier molecular flexibility index (Phi) is 3.04. The maximum absolute atomic E-state index is 5.38. The van der Waals surface area contributed by atoms with Crippen molar-refractivity contribution in [2.45, 2.75) is 20.3 Å². The lowest BCUT2D eigenvalue weighted by Gasteiger charge is -2.08. The third kappa shape index (κ3) is 1.99. The van der Waals surface area contributed by atoms with Crippen molar-refractivity contribution >= 4 is 10.8 Å². The second-order valence-corrected chi connectivity index (χ2v) is 4.36. The second kappa shape index (κ2) is 4.48. The van der Waals surface area contributed by atoms with Gasteiger partial charge in [0.25, 0.3) is 0 Å². The standard InChI is InChI=1S/C15H17O/c1-11(2)10-12-8-9-15(16-3)14-7-5-4-6-13(12)14/h4-9H,10H2,1-3H3/q+1. The molecule has 0 bridgehead atoms. The lowest BCUT2D eigenvalue weighted by atomic mass is 9.96. The average Bonchev–Trinajstić information content (AvgIpc) is 2.29. The summed E-state index contributed by atoms with van der Waals surface area (Å²) < 4.78 is 5.38. The van der Waals surface area contributed by atoms with Crippen LogP contribution in [-0.4, -0.2) is 7.11 Å². The van der Waals surface area contributed by atoms with E-state index in [1.54, 1.807) is 7.11 Å². The molecule has 82 valence electrons. The number of rotatable bonds is 3. The highest BCUT2D eigenvalue weighted by Gasteiger charge is 2.11. The van der Waals surface area contributed by atoms with Crippen molar-refractivity contribution in [3.05, 3.63) is 47.9 Å². The molecule has 0 aromatic heterocycles. The predicted molar refractivity (Wildman–Crippen MR) is 68.8 cm³/mol. The molecule has 0 aliphatic heterocycles. The quantitative estimate of drug-likeness (QED) is 0.700. The van der Waals surface area contributed by atoms with Crippen LogP contribution < -0.4 is 4.74 Å². The summed E-state index contributed by atoms with van der Waals surface area (Å²) in [6.45, 7) is 4.33. The van der Waals surface area contributed by atoms with Gasteiger partial charge in [-0.1, -0.05) is 30.3 Å². The van der Waals surface area contributed by atoms with Crippen molar-refractivity contribution in [3.8, 4) is 5.75 Å². The first-order valence-corrected chi connectivity index (χ1v) is 5.56. The first kappa shape index (κ1) is 10.9. The van der Waals surface area contributed by atoms with Gasteiger partial charge in [0.1, 0.15) is 12.2 Å². The van der Waals surface area contributed by atoms with Crippen LogP contribution >= 0.6 is 0 Å². The van der Waals surface area contributed by atoms with Crippen LogP contribution in [0.15, 0.2) is 36.4 Å². The van der Waals surface area contributed by atoms with Crippen LogP contribution in [-0.2, 0) is 6.42 Å². The van der Waals surface area contributed by atoms with E-state index >= 15 is 0 Å². The highest BCUT2D eigenvalue weighted by Crippen LogP contribution is 2.29. The van der Waals surface area contributed by atoms with Crippen molar-refractivity contribution in [2.24, 2.45) is 0 Å². The molecule has 0 radical (unpaired) electrons. The molecule has 0 aliphatic rings. The van der Waals surface area contributed by atoms with Gasteiger partial charge in [-0.25, -0.2) is 0 Å². The molecule has 0 amide bonds. The molecule has 2 aromatic carbocycles. The fourth-order valence-corrected chi connectivity index (χ4v) is 2.05. The number of benzene rings is 2. The Hall–Kier alpha value is -1.63. The molecule has 0 N–H and O–H groups in total. The van der Waals surface area contributed by atoms with Gasteiger partial charge in [-0.15, -0.1) is 0 Å². The number of methoxy groups -OCH3 is 1. The molecule has 0 saturated carbocycles. The molecule has 0 atom stereocenters. The van der Waals surface area contributed by atoms with Crippen molar-refractivity contribution < 1.29 is 4.74 Å².